The average molecular weight is 608 g/mol. The van der Waals surface area contributed by atoms with E-state index in [1.807, 2.05) is 24.3 Å². The zero-order valence-electron chi connectivity index (χ0n) is 24.1. The van der Waals surface area contributed by atoms with Crippen LogP contribution in [0.2, 0.25) is 5.02 Å². The zero-order chi connectivity index (χ0) is 29.8. The van der Waals surface area contributed by atoms with Crippen molar-refractivity contribution < 1.29 is 19.0 Å². The lowest BCUT2D eigenvalue weighted by molar-refractivity contribution is -0.121. The van der Waals surface area contributed by atoms with Crippen molar-refractivity contribution in [3.05, 3.63) is 53.3 Å². The third-order valence-electron chi connectivity index (χ3n) is 7.44. The molecule has 2 aromatic carbocycles. The summed E-state index contributed by atoms with van der Waals surface area (Å²) >= 11 is 6.53. The van der Waals surface area contributed by atoms with Gasteiger partial charge in [0.1, 0.15) is 11.6 Å². The number of piperazine rings is 1. The van der Waals surface area contributed by atoms with Gasteiger partial charge in [0, 0.05) is 57.3 Å². The summed E-state index contributed by atoms with van der Waals surface area (Å²) in [4.78, 5) is 31.5. The minimum Gasteiger partial charge on any atom is -0.493 e. The van der Waals surface area contributed by atoms with Crippen LogP contribution in [0, 0.1) is 0 Å². The number of fused-ring (bicyclic) bond motifs is 1. The molecule has 14 heteroatoms. The number of methoxy groups -OCH3 is 2. The number of aromatic amines is 1. The van der Waals surface area contributed by atoms with Gasteiger partial charge in [0.15, 0.2) is 17.2 Å². The summed E-state index contributed by atoms with van der Waals surface area (Å²) in [5, 5.41) is 11.2. The first kappa shape index (κ1) is 28.8. The fraction of sp³-hybridized carbons (Fsp3) is 0.379. The molecule has 0 saturated carbocycles. The molecule has 4 aromatic rings. The van der Waals surface area contributed by atoms with Crippen LogP contribution in [0.3, 0.4) is 0 Å². The van der Waals surface area contributed by atoms with Crippen molar-refractivity contribution in [2.24, 2.45) is 0 Å². The molecule has 1 amide bonds. The largest absolute Gasteiger partial charge is 0.493 e. The molecule has 0 aliphatic carbocycles. The lowest BCUT2D eigenvalue weighted by Crippen LogP contribution is -2.56. The maximum atomic E-state index is 11.8. The van der Waals surface area contributed by atoms with Crippen molar-refractivity contribution >= 4 is 40.3 Å². The molecule has 13 nitrogen and oxygen atoms in total. The first-order chi connectivity index (χ1) is 21.0. The van der Waals surface area contributed by atoms with E-state index in [2.05, 4.69) is 35.5 Å². The number of anilines is 2. The summed E-state index contributed by atoms with van der Waals surface area (Å²) in [6, 6.07) is 12.9. The van der Waals surface area contributed by atoms with Crippen molar-refractivity contribution in [1.82, 2.24) is 35.3 Å². The predicted molar refractivity (Wildman–Crippen MR) is 163 cm³/mol. The minimum absolute atomic E-state index is 0.101. The number of H-pyrrole nitrogens is 1. The van der Waals surface area contributed by atoms with Crippen molar-refractivity contribution in [1.29, 1.82) is 0 Å². The Morgan fingerprint density at radius 3 is 2.51 bits per heavy atom. The molecule has 2 aliphatic rings. The van der Waals surface area contributed by atoms with E-state index in [1.54, 1.807) is 32.4 Å². The number of rotatable bonds is 9. The average Bonchev–Trinajstić information content (AvgIpc) is 3.33. The van der Waals surface area contributed by atoms with Crippen LogP contribution in [0.25, 0.3) is 11.0 Å². The number of halogens is 1. The molecule has 2 aromatic heterocycles. The first-order valence-electron chi connectivity index (χ1n) is 14.2. The number of amides is 1. The van der Waals surface area contributed by atoms with Gasteiger partial charge in [0.2, 0.25) is 17.7 Å². The molecule has 0 bridgehead atoms. The summed E-state index contributed by atoms with van der Waals surface area (Å²) in [5.74, 6) is 3.68. The number of hydrazine groups is 1. The number of imidazole rings is 1. The van der Waals surface area contributed by atoms with Crippen LogP contribution in [0.4, 0.5) is 11.8 Å². The van der Waals surface area contributed by atoms with Gasteiger partial charge < -0.3 is 34.7 Å². The summed E-state index contributed by atoms with van der Waals surface area (Å²) in [7, 11) is 3.10. The van der Waals surface area contributed by atoms with E-state index in [0.717, 1.165) is 42.9 Å². The molecular formula is C29H34ClN9O4. The molecule has 0 radical (unpaired) electrons. The molecule has 2 saturated heterocycles. The summed E-state index contributed by atoms with van der Waals surface area (Å²) in [6.07, 6.45) is 1.40. The highest BCUT2D eigenvalue weighted by atomic mass is 35.5. The van der Waals surface area contributed by atoms with E-state index >= 15 is 0 Å². The number of para-hydroxylation sites is 2. The summed E-state index contributed by atoms with van der Waals surface area (Å²) < 4.78 is 17.0. The Kier molecular flexibility index (Phi) is 8.63. The number of ether oxygens (including phenoxy) is 3. The highest BCUT2D eigenvalue weighted by Crippen LogP contribution is 2.39. The maximum Gasteiger partial charge on any atom is 0.230 e. The van der Waals surface area contributed by atoms with E-state index in [0.29, 0.717) is 72.6 Å². The van der Waals surface area contributed by atoms with Crippen LogP contribution < -0.4 is 29.7 Å². The highest BCUT2D eigenvalue weighted by Gasteiger charge is 2.26. The van der Waals surface area contributed by atoms with Crippen molar-refractivity contribution in [3.63, 3.8) is 0 Å². The van der Waals surface area contributed by atoms with E-state index in [4.69, 9.17) is 35.8 Å². The highest BCUT2D eigenvalue weighted by molar-refractivity contribution is 6.32. The third kappa shape index (κ3) is 6.69. The Hall–Kier alpha value is -4.33. The van der Waals surface area contributed by atoms with Gasteiger partial charge in [0.05, 0.1) is 43.5 Å². The molecule has 4 heterocycles. The Balaban J connectivity index is 1.23. The van der Waals surface area contributed by atoms with Crippen molar-refractivity contribution in [3.8, 4) is 23.1 Å². The first-order valence-corrected chi connectivity index (χ1v) is 14.5. The lowest BCUT2D eigenvalue weighted by Gasteiger charge is -2.40. The topological polar surface area (TPSA) is 133 Å². The molecule has 0 unspecified atom stereocenters. The molecule has 43 heavy (non-hydrogen) atoms. The van der Waals surface area contributed by atoms with E-state index in [1.165, 1.54) is 0 Å². The molecule has 226 valence electrons. The quantitative estimate of drug-likeness (QED) is 0.258. The summed E-state index contributed by atoms with van der Waals surface area (Å²) in [6.45, 7) is 4.75. The van der Waals surface area contributed by atoms with Gasteiger partial charge in [-0.3, -0.25) is 4.79 Å². The number of benzene rings is 2. The molecule has 6 rings (SSSR count). The van der Waals surface area contributed by atoms with E-state index in [9.17, 15) is 4.79 Å². The molecule has 0 spiro atoms. The minimum atomic E-state index is 0.101. The van der Waals surface area contributed by atoms with Gasteiger partial charge in [-0.05, 0) is 18.6 Å². The molecular weight excluding hydrogens is 574 g/mol. The normalized spacial score (nSPS) is 16.5. The van der Waals surface area contributed by atoms with Crippen LogP contribution in [0.1, 0.15) is 18.7 Å². The van der Waals surface area contributed by atoms with Gasteiger partial charge in [-0.1, -0.05) is 23.7 Å². The van der Waals surface area contributed by atoms with Gasteiger partial charge in [-0.2, -0.15) is 9.97 Å². The van der Waals surface area contributed by atoms with Crippen molar-refractivity contribution in [2.75, 3.05) is 63.8 Å². The molecule has 2 aliphatic heterocycles. The number of hydrogen-bond donors (Lipinski definition) is 3. The summed E-state index contributed by atoms with van der Waals surface area (Å²) in [5.41, 5.74) is 1.87. The Morgan fingerprint density at radius 1 is 0.930 bits per heavy atom. The van der Waals surface area contributed by atoms with Gasteiger partial charge in [0.25, 0.3) is 0 Å². The second kappa shape index (κ2) is 12.9. The number of aromatic nitrogens is 4. The molecule has 0 atom stereocenters. The number of nitrogens with zero attached hydrogens (tertiary/aromatic N) is 6. The number of nitrogens with one attached hydrogen (secondary N) is 3. The fourth-order valence-corrected chi connectivity index (χ4v) is 5.37. The zero-order valence-corrected chi connectivity index (χ0v) is 24.9. The fourth-order valence-electron chi connectivity index (χ4n) is 5.18. The SMILES string of the molecule is COc1cc(Cl)c(Oc2cc(NCc3nc4ccccc4[nH]3)nc(N3CCN(N4CCCC(=O)NC4)CC3)n2)cc1OC. The third-order valence-corrected chi connectivity index (χ3v) is 7.73. The van der Waals surface area contributed by atoms with Crippen LogP contribution >= 0.6 is 11.6 Å². The lowest BCUT2D eigenvalue weighted by atomic mass is 10.3. The maximum absolute atomic E-state index is 11.8. The van der Waals surface area contributed by atoms with Crippen molar-refractivity contribution in [2.45, 2.75) is 19.4 Å². The van der Waals surface area contributed by atoms with Crippen LogP contribution in [-0.4, -0.2) is 89.5 Å². The number of hydrogen-bond acceptors (Lipinski definition) is 11. The van der Waals surface area contributed by atoms with E-state index in [-0.39, 0.29) is 5.91 Å². The van der Waals surface area contributed by atoms with Gasteiger partial charge in [-0.15, -0.1) is 0 Å². The van der Waals surface area contributed by atoms with Crippen LogP contribution in [0.5, 0.6) is 23.1 Å². The monoisotopic (exact) mass is 607 g/mol. The van der Waals surface area contributed by atoms with Gasteiger partial charge in [-0.25, -0.2) is 15.0 Å². The molecule has 3 N–H and O–H groups in total. The predicted octanol–water partition coefficient (Wildman–Crippen LogP) is 3.63. The van der Waals surface area contributed by atoms with E-state index < -0.39 is 0 Å². The number of carbonyl (C=O) groups is 1. The standard InChI is InChI=1S/C29H34ClN9O4/c1-41-23-14-19(30)22(15-24(23)42-2)43-28-16-25(31-17-26-33-20-6-3-4-7-21(20)34-26)35-29(36-28)37-10-12-38(13-11-37)39-9-5-8-27(40)32-18-39/h3-4,6-7,14-16H,5,8-13,17-18H2,1-2H3,(H,32,40)(H,33,34)(H,31,35,36). The van der Waals surface area contributed by atoms with Crippen LogP contribution in [0.15, 0.2) is 42.5 Å². The smallest absolute Gasteiger partial charge is 0.230 e. The second-order valence-electron chi connectivity index (χ2n) is 10.2. The molecule has 2 fully saturated rings. The Labute approximate surface area is 254 Å². The van der Waals surface area contributed by atoms with Crippen LogP contribution in [-0.2, 0) is 11.3 Å². The Morgan fingerprint density at radius 2 is 1.72 bits per heavy atom. The number of carbonyl (C=O) groups excluding carboxylic acids is 1. The van der Waals surface area contributed by atoms with Gasteiger partial charge >= 0.3 is 0 Å². The Bertz CT molecular complexity index is 1560. The second-order valence-corrected chi connectivity index (χ2v) is 10.6.